The number of rotatable bonds is 7. The molecule has 2 aromatic heterocycles. The van der Waals surface area contributed by atoms with Crippen LogP contribution in [0.1, 0.15) is 30.5 Å². The number of ether oxygens (including phenoxy) is 2. The SMILES string of the molecule is CC(C)C(NC(=O)OCc1ccccc1)C(=O)OCc1cn2ccccc2c1C#N. The maximum atomic E-state index is 12.6. The fourth-order valence-electron chi connectivity index (χ4n) is 3.04. The van der Waals surface area contributed by atoms with Crippen LogP contribution in [-0.2, 0) is 27.5 Å². The van der Waals surface area contributed by atoms with Crippen molar-refractivity contribution in [3.63, 3.8) is 0 Å². The van der Waals surface area contributed by atoms with Crippen molar-refractivity contribution < 1.29 is 19.1 Å². The minimum Gasteiger partial charge on any atom is -0.459 e. The second-order valence-electron chi connectivity index (χ2n) is 7.17. The van der Waals surface area contributed by atoms with E-state index in [4.69, 9.17) is 9.47 Å². The summed E-state index contributed by atoms with van der Waals surface area (Å²) in [5, 5.41) is 12.0. The van der Waals surface area contributed by atoms with E-state index in [9.17, 15) is 14.9 Å². The van der Waals surface area contributed by atoms with Gasteiger partial charge in [-0.3, -0.25) is 0 Å². The van der Waals surface area contributed by atoms with Crippen molar-refractivity contribution in [3.8, 4) is 6.07 Å². The van der Waals surface area contributed by atoms with Gasteiger partial charge in [0.05, 0.1) is 11.1 Å². The molecule has 154 valence electrons. The highest BCUT2D eigenvalue weighted by Gasteiger charge is 2.27. The first-order chi connectivity index (χ1) is 14.5. The minimum absolute atomic E-state index is 0.0621. The Balaban J connectivity index is 1.60. The molecule has 1 N–H and O–H groups in total. The van der Waals surface area contributed by atoms with Gasteiger partial charge in [-0.05, 0) is 23.6 Å². The molecule has 0 fully saturated rings. The van der Waals surface area contributed by atoms with Gasteiger partial charge in [-0.1, -0.05) is 50.2 Å². The predicted octanol–water partition coefficient (Wildman–Crippen LogP) is 3.81. The Kier molecular flexibility index (Phi) is 6.71. The van der Waals surface area contributed by atoms with Gasteiger partial charge >= 0.3 is 12.1 Å². The molecule has 0 radical (unpaired) electrons. The van der Waals surface area contributed by atoms with Gasteiger partial charge in [-0.2, -0.15) is 5.26 Å². The summed E-state index contributed by atoms with van der Waals surface area (Å²) in [6.07, 6.45) is 2.89. The molecule has 1 amide bonds. The lowest BCUT2D eigenvalue weighted by atomic mass is 10.1. The molecule has 0 aliphatic heterocycles. The van der Waals surface area contributed by atoms with Gasteiger partial charge in [-0.25, -0.2) is 9.59 Å². The third kappa shape index (κ3) is 4.97. The Labute approximate surface area is 174 Å². The number of hydrogen-bond donors (Lipinski definition) is 1. The molecule has 7 nitrogen and oxygen atoms in total. The fraction of sp³-hybridized carbons (Fsp3) is 0.261. The first kappa shape index (κ1) is 20.9. The topological polar surface area (TPSA) is 92.8 Å². The van der Waals surface area contributed by atoms with E-state index >= 15 is 0 Å². The average Bonchev–Trinajstić information content (AvgIpc) is 3.12. The third-order valence-corrected chi connectivity index (χ3v) is 4.65. The summed E-state index contributed by atoms with van der Waals surface area (Å²) in [5.41, 5.74) is 2.65. The molecule has 0 bridgehead atoms. The maximum absolute atomic E-state index is 12.6. The quantitative estimate of drug-likeness (QED) is 0.604. The van der Waals surface area contributed by atoms with Crippen molar-refractivity contribution in [2.24, 2.45) is 5.92 Å². The van der Waals surface area contributed by atoms with Crippen LogP contribution < -0.4 is 5.32 Å². The summed E-state index contributed by atoms with van der Waals surface area (Å²) in [6.45, 7) is 3.65. The lowest BCUT2D eigenvalue weighted by molar-refractivity contribution is -0.148. The zero-order valence-corrected chi connectivity index (χ0v) is 16.9. The van der Waals surface area contributed by atoms with Crippen molar-refractivity contribution in [1.29, 1.82) is 5.26 Å². The van der Waals surface area contributed by atoms with Gasteiger partial charge in [0, 0.05) is 18.0 Å². The van der Waals surface area contributed by atoms with Crippen LogP contribution in [-0.4, -0.2) is 22.5 Å². The molecule has 0 saturated carbocycles. The Morgan fingerprint density at radius 2 is 1.80 bits per heavy atom. The zero-order valence-electron chi connectivity index (χ0n) is 16.9. The van der Waals surface area contributed by atoms with E-state index in [2.05, 4.69) is 11.4 Å². The van der Waals surface area contributed by atoms with Gasteiger partial charge in [-0.15, -0.1) is 0 Å². The Bertz CT molecular complexity index is 1070. The number of carbonyl (C=O) groups excluding carboxylic acids is 2. The summed E-state index contributed by atoms with van der Waals surface area (Å²) in [7, 11) is 0. The number of fused-ring (bicyclic) bond motifs is 1. The highest BCUT2D eigenvalue weighted by atomic mass is 16.6. The molecule has 1 aromatic carbocycles. The number of aromatic nitrogens is 1. The molecule has 3 aromatic rings. The van der Waals surface area contributed by atoms with Crippen LogP contribution in [0.4, 0.5) is 4.79 Å². The number of amides is 1. The van der Waals surface area contributed by atoms with Gasteiger partial charge in [0.25, 0.3) is 0 Å². The minimum atomic E-state index is -0.865. The molecular weight excluding hydrogens is 382 g/mol. The van der Waals surface area contributed by atoms with Crippen LogP contribution >= 0.6 is 0 Å². The van der Waals surface area contributed by atoms with Crippen molar-refractivity contribution in [2.45, 2.75) is 33.1 Å². The van der Waals surface area contributed by atoms with Crippen LogP contribution in [0.2, 0.25) is 0 Å². The number of carbonyl (C=O) groups is 2. The molecular formula is C23H23N3O4. The lowest BCUT2D eigenvalue weighted by Crippen LogP contribution is -2.45. The van der Waals surface area contributed by atoms with E-state index in [1.807, 2.05) is 54.7 Å². The van der Waals surface area contributed by atoms with E-state index in [-0.39, 0.29) is 19.1 Å². The molecule has 1 atom stereocenters. The standard InChI is InChI=1S/C23H23N3O4/c1-16(2)21(25-23(28)30-14-17-8-4-3-5-9-17)22(27)29-15-18-13-26-11-7-6-10-20(26)19(18)12-24/h3-11,13,16,21H,14-15H2,1-2H3,(H,25,28). The predicted molar refractivity (Wildman–Crippen MR) is 110 cm³/mol. The van der Waals surface area contributed by atoms with E-state index in [0.717, 1.165) is 11.1 Å². The van der Waals surface area contributed by atoms with E-state index < -0.39 is 18.1 Å². The fourth-order valence-corrected chi connectivity index (χ4v) is 3.04. The number of nitrogens with zero attached hydrogens (tertiary/aromatic N) is 2. The summed E-state index contributed by atoms with van der Waals surface area (Å²) in [5.74, 6) is -0.786. The van der Waals surface area contributed by atoms with Crippen LogP contribution in [0, 0.1) is 17.2 Å². The van der Waals surface area contributed by atoms with Crippen molar-refractivity contribution in [1.82, 2.24) is 9.72 Å². The molecule has 30 heavy (non-hydrogen) atoms. The van der Waals surface area contributed by atoms with Crippen LogP contribution in [0.3, 0.4) is 0 Å². The monoisotopic (exact) mass is 405 g/mol. The van der Waals surface area contributed by atoms with Crippen molar-refractivity contribution in [3.05, 3.63) is 77.6 Å². The first-order valence-electron chi connectivity index (χ1n) is 9.62. The van der Waals surface area contributed by atoms with Gasteiger partial charge in [0.1, 0.15) is 25.3 Å². The van der Waals surface area contributed by atoms with Gasteiger partial charge in [0.15, 0.2) is 0 Å². The number of hydrogen-bond acceptors (Lipinski definition) is 5. The average molecular weight is 405 g/mol. The van der Waals surface area contributed by atoms with Crippen LogP contribution in [0.5, 0.6) is 0 Å². The zero-order chi connectivity index (χ0) is 21.5. The highest BCUT2D eigenvalue weighted by Crippen LogP contribution is 2.19. The summed E-state index contributed by atoms with van der Waals surface area (Å²) in [6, 6.07) is 16.1. The third-order valence-electron chi connectivity index (χ3n) is 4.65. The van der Waals surface area contributed by atoms with Crippen molar-refractivity contribution in [2.75, 3.05) is 0 Å². The molecule has 0 aliphatic rings. The number of pyridine rings is 1. The van der Waals surface area contributed by atoms with Crippen LogP contribution in [0.25, 0.3) is 5.52 Å². The second kappa shape index (κ2) is 9.61. The number of alkyl carbamates (subject to hydrolysis) is 1. The summed E-state index contributed by atoms with van der Waals surface area (Å²) < 4.78 is 12.4. The largest absolute Gasteiger partial charge is 0.459 e. The smallest absolute Gasteiger partial charge is 0.408 e. The maximum Gasteiger partial charge on any atom is 0.408 e. The molecule has 0 spiro atoms. The lowest BCUT2D eigenvalue weighted by Gasteiger charge is -2.20. The van der Waals surface area contributed by atoms with Gasteiger partial charge < -0.3 is 19.2 Å². The number of esters is 1. The normalized spacial score (nSPS) is 11.7. The van der Waals surface area contributed by atoms with E-state index in [1.165, 1.54) is 0 Å². The summed E-state index contributed by atoms with van der Waals surface area (Å²) >= 11 is 0. The Hall–Kier alpha value is -3.79. The van der Waals surface area contributed by atoms with Gasteiger partial charge in [0.2, 0.25) is 0 Å². The molecule has 2 heterocycles. The number of nitriles is 1. The second-order valence-corrected chi connectivity index (χ2v) is 7.17. The van der Waals surface area contributed by atoms with E-state index in [1.54, 1.807) is 24.4 Å². The van der Waals surface area contributed by atoms with Crippen LogP contribution in [0.15, 0.2) is 60.9 Å². The molecule has 3 rings (SSSR count). The van der Waals surface area contributed by atoms with E-state index in [0.29, 0.717) is 11.1 Å². The highest BCUT2D eigenvalue weighted by molar-refractivity contribution is 5.81. The first-order valence-corrected chi connectivity index (χ1v) is 9.62. The van der Waals surface area contributed by atoms with Crippen molar-refractivity contribution >= 4 is 17.6 Å². The summed E-state index contributed by atoms with van der Waals surface area (Å²) in [4.78, 5) is 24.7. The molecule has 7 heteroatoms. The number of nitrogens with one attached hydrogen (secondary N) is 1. The molecule has 0 saturated heterocycles. The molecule has 1 unspecified atom stereocenters. The molecule has 0 aliphatic carbocycles. The Morgan fingerprint density at radius 3 is 2.50 bits per heavy atom. The Morgan fingerprint density at radius 1 is 1.07 bits per heavy atom. The number of benzene rings is 1.